The van der Waals surface area contributed by atoms with Gasteiger partial charge in [0.15, 0.2) is 0 Å². The number of amides is 1. The lowest BCUT2D eigenvalue weighted by molar-refractivity contribution is 0.0861. The van der Waals surface area contributed by atoms with Crippen LogP contribution in [0.25, 0.3) is 0 Å². The number of nitrogen functional groups attached to an aromatic ring is 1. The molecule has 0 radical (unpaired) electrons. The number of nitrogens with two attached hydrogens (primary N) is 1. The van der Waals surface area contributed by atoms with E-state index >= 15 is 0 Å². The minimum atomic E-state index is -0.270. The highest BCUT2D eigenvalue weighted by molar-refractivity contribution is 5.92. The Balaban J connectivity index is 2.66. The quantitative estimate of drug-likeness (QED) is 0.777. The van der Waals surface area contributed by atoms with Crippen LogP contribution in [0.15, 0.2) is 12.4 Å². The molecule has 0 saturated carbocycles. The van der Waals surface area contributed by atoms with Crippen molar-refractivity contribution in [3.63, 3.8) is 0 Å². The Labute approximate surface area is 101 Å². The van der Waals surface area contributed by atoms with E-state index in [0.717, 1.165) is 0 Å². The fraction of sp³-hybridized carbons (Fsp3) is 0.545. The van der Waals surface area contributed by atoms with Gasteiger partial charge in [-0.15, -0.1) is 0 Å². The van der Waals surface area contributed by atoms with E-state index < -0.39 is 0 Å². The van der Waals surface area contributed by atoms with Gasteiger partial charge in [0, 0.05) is 7.11 Å². The van der Waals surface area contributed by atoms with Crippen LogP contribution < -0.4 is 11.1 Å². The average molecular weight is 238 g/mol. The number of rotatable bonds is 5. The number of methoxy groups -OCH3 is 1. The first kappa shape index (κ1) is 13.4. The smallest absolute Gasteiger partial charge is 0.271 e. The van der Waals surface area contributed by atoms with E-state index in [2.05, 4.69) is 15.3 Å². The predicted molar refractivity (Wildman–Crippen MR) is 64.4 cm³/mol. The topological polar surface area (TPSA) is 90.1 Å². The number of carbonyl (C=O) groups is 1. The second-order valence-electron chi connectivity index (χ2n) is 4.11. The summed E-state index contributed by atoms with van der Waals surface area (Å²) in [4.78, 5) is 19.6. The summed E-state index contributed by atoms with van der Waals surface area (Å²) in [5.74, 6) is 0.299. The van der Waals surface area contributed by atoms with Gasteiger partial charge in [-0.1, -0.05) is 13.8 Å². The molecule has 0 aliphatic carbocycles. The van der Waals surface area contributed by atoms with Gasteiger partial charge < -0.3 is 15.8 Å². The van der Waals surface area contributed by atoms with Crippen molar-refractivity contribution >= 4 is 11.7 Å². The van der Waals surface area contributed by atoms with Crippen molar-refractivity contribution in [2.45, 2.75) is 19.9 Å². The fourth-order valence-electron chi connectivity index (χ4n) is 1.28. The van der Waals surface area contributed by atoms with Crippen molar-refractivity contribution in [2.24, 2.45) is 5.92 Å². The molecule has 1 unspecified atom stereocenters. The van der Waals surface area contributed by atoms with E-state index in [-0.39, 0.29) is 23.6 Å². The number of nitrogens with zero attached hydrogens (tertiary/aromatic N) is 2. The lowest BCUT2D eigenvalue weighted by Crippen LogP contribution is -2.42. The third-order valence-electron chi connectivity index (χ3n) is 2.37. The normalized spacial score (nSPS) is 12.5. The molecule has 6 nitrogen and oxygen atoms in total. The first-order valence-corrected chi connectivity index (χ1v) is 5.42. The van der Waals surface area contributed by atoms with Gasteiger partial charge >= 0.3 is 0 Å². The maximum Gasteiger partial charge on any atom is 0.271 e. The molecule has 0 saturated heterocycles. The van der Waals surface area contributed by atoms with Crippen molar-refractivity contribution in [2.75, 3.05) is 19.5 Å². The maximum absolute atomic E-state index is 11.8. The molecular weight excluding hydrogens is 220 g/mol. The minimum absolute atomic E-state index is 0.0492. The first-order chi connectivity index (χ1) is 8.04. The van der Waals surface area contributed by atoms with Crippen LogP contribution in [0.3, 0.4) is 0 Å². The Kier molecular flexibility index (Phi) is 4.84. The van der Waals surface area contributed by atoms with Crippen molar-refractivity contribution in [1.82, 2.24) is 15.3 Å². The lowest BCUT2D eigenvalue weighted by atomic mass is 10.1. The number of carbonyl (C=O) groups excluding carboxylic acids is 1. The standard InChI is InChI=1S/C11H18N4O2/c1-7(2)9(6-17-3)15-11(16)8-4-14-10(12)5-13-8/h4-5,7,9H,6H2,1-3H3,(H2,12,14)(H,15,16). The molecule has 1 aromatic heterocycles. The van der Waals surface area contributed by atoms with Gasteiger partial charge in [-0.2, -0.15) is 0 Å². The molecule has 1 rings (SSSR count). The molecule has 1 heterocycles. The minimum Gasteiger partial charge on any atom is -0.383 e. The molecule has 0 fully saturated rings. The molecule has 0 bridgehead atoms. The third-order valence-corrected chi connectivity index (χ3v) is 2.37. The number of nitrogens with one attached hydrogen (secondary N) is 1. The molecule has 1 atom stereocenters. The van der Waals surface area contributed by atoms with Gasteiger partial charge in [0.1, 0.15) is 11.5 Å². The highest BCUT2D eigenvalue weighted by Gasteiger charge is 2.17. The van der Waals surface area contributed by atoms with Crippen molar-refractivity contribution < 1.29 is 9.53 Å². The fourth-order valence-corrected chi connectivity index (χ4v) is 1.28. The summed E-state index contributed by atoms with van der Waals surface area (Å²) in [6, 6.07) is -0.0492. The average Bonchev–Trinajstić information content (AvgIpc) is 2.29. The van der Waals surface area contributed by atoms with Crippen LogP contribution in [-0.4, -0.2) is 35.6 Å². The van der Waals surface area contributed by atoms with E-state index in [1.54, 1.807) is 7.11 Å². The van der Waals surface area contributed by atoms with Crippen LogP contribution in [0.5, 0.6) is 0 Å². The molecular formula is C11H18N4O2. The SMILES string of the molecule is COCC(NC(=O)c1cnc(N)cn1)C(C)C. The maximum atomic E-state index is 11.8. The Morgan fingerprint density at radius 2 is 2.18 bits per heavy atom. The van der Waals surface area contributed by atoms with Crippen LogP contribution in [-0.2, 0) is 4.74 Å². The van der Waals surface area contributed by atoms with Gasteiger partial charge in [-0.3, -0.25) is 4.79 Å². The predicted octanol–water partition coefficient (Wildman–Crippen LogP) is 0.460. The van der Waals surface area contributed by atoms with Gasteiger partial charge in [-0.05, 0) is 5.92 Å². The summed E-state index contributed by atoms with van der Waals surface area (Å²) >= 11 is 0. The van der Waals surface area contributed by atoms with Crippen LogP contribution in [0.4, 0.5) is 5.82 Å². The van der Waals surface area contributed by atoms with Crippen molar-refractivity contribution in [1.29, 1.82) is 0 Å². The van der Waals surface area contributed by atoms with Gasteiger partial charge in [0.25, 0.3) is 5.91 Å². The van der Waals surface area contributed by atoms with Crippen LogP contribution in [0.2, 0.25) is 0 Å². The number of aromatic nitrogens is 2. The van der Waals surface area contributed by atoms with Gasteiger partial charge in [-0.25, -0.2) is 9.97 Å². The molecule has 1 amide bonds. The Morgan fingerprint density at radius 1 is 1.47 bits per heavy atom. The summed E-state index contributed by atoms with van der Waals surface area (Å²) < 4.78 is 5.05. The Hall–Kier alpha value is -1.69. The van der Waals surface area contributed by atoms with Gasteiger partial charge in [0.05, 0.1) is 25.0 Å². The number of ether oxygens (including phenoxy) is 1. The van der Waals surface area contributed by atoms with E-state index in [4.69, 9.17) is 10.5 Å². The molecule has 3 N–H and O–H groups in total. The molecule has 94 valence electrons. The van der Waals surface area contributed by atoms with Crippen LogP contribution in [0.1, 0.15) is 24.3 Å². The molecule has 0 aromatic carbocycles. The van der Waals surface area contributed by atoms with E-state index in [0.29, 0.717) is 12.4 Å². The highest BCUT2D eigenvalue weighted by atomic mass is 16.5. The number of hydrogen-bond donors (Lipinski definition) is 2. The second-order valence-corrected chi connectivity index (χ2v) is 4.11. The summed E-state index contributed by atoms with van der Waals surface area (Å²) in [6.07, 6.45) is 2.71. The monoisotopic (exact) mass is 238 g/mol. The zero-order valence-corrected chi connectivity index (χ0v) is 10.3. The van der Waals surface area contributed by atoms with E-state index in [9.17, 15) is 4.79 Å². The number of hydrogen-bond acceptors (Lipinski definition) is 5. The molecule has 1 aromatic rings. The lowest BCUT2D eigenvalue weighted by Gasteiger charge is -2.21. The van der Waals surface area contributed by atoms with Crippen molar-refractivity contribution in [3.8, 4) is 0 Å². The second kappa shape index (κ2) is 6.15. The molecule has 17 heavy (non-hydrogen) atoms. The highest BCUT2D eigenvalue weighted by Crippen LogP contribution is 2.04. The largest absolute Gasteiger partial charge is 0.383 e. The molecule has 0 spiro atoms. The zero-order chi connectivity index (χ0) is 12.8. The summed E-state index contributed by atoms with van der Waals surface area (Å²) in [5.41, 5.74) is 5.65. The molecule has 0 aliphatic heterocycles. The van der Waals surface area contributed by atoms with Crippen molar-refractivity contribution in [3.05, 3.63) is 18.1 Å². The summed E-state index contributed by atoms with van der Waals surface area (Å²) in [5, 5.41) is 2.85. The summed E-state index contributed by atoms with van der Waals surface area (Å²) in [7, 11) is 1.60. The summed E-state index contributed by atoms with van der Waals surface area (Å²) in [6.45, 7) is 4.49. The van der Waals surface area contributed by atoms with E-state index in [1.165, 1.54) is 12.4 Å². The zero-order valence-electron chi connectivity index (χ0n) is 10.3. The Morgan fingerprint density at radius 3 is 2.65 bits per heavy atom. The van der Waals surface area contributed by atoms with Gasteiger partial charge in [0.2, 0.25) is 0 Å². The Bertz CT molecular complexity index is 364. The first-order valence-electron chi connectivity index (χ1n) is 5.42. The third kappa shape index (κ3) is 3.99. The number of anilines is 1. The van der Waals surface area contributed by atoms with E-state index in [1.807, 2.05) is 13.8 Å². The van der Waals surface area contributed by atoms with Crippen LogP contribution in [0, 0.1) is 5.92 Å². The molecule has 0 aliphatic rings. The van der Waals surface area contributed by atoms with Crippen LogP contribution >= 0.6 is 0 Å². The molecule has 6 heteroatoms.